The summed E-state index contributed by atoms with van der Waals surface area (Å²) >= 11 is 0. The van der Waals surface area contributed by atoms with E-state index in [-0.39, 0.29) is 29.7 Å². The van der Waals surface area contributed by atoms with Crippen molar-refractivity contribution < 1.29 is 22.4 Å². The summed E-state index contributed by atoms with van der Waals surface area (Å²) in [6.07, 6.45) is 3.06. The van der Waals surface area contributed by atoms with Crippen molar-refractivity contribution in [2.75, 3.05) is 18.4 Å². The van der Waals surface area contributed by atoms with Gasteiger partial charge in [-0.1, -0.05) is 31.2 Å². The van der Waals surface area contributed by atoms with Gasteiger partial charge in [-0.25, -0.2) is 8.42 Å². The predicted octanol–water partition coefficient (Wildman–Crippen LogP) is 3.67. The second kappa shape index (κ2) is 10.9. The highest BCUT2D eigenvalue weighted by Crippen LogP contribution is 2.36. The Kier molecular flexibility index (Phi) is 7.67. The van der Waals surface area contributed by atoms with Gasteiger partial charge in [0.25, 0.3) is 0 Å². The monoisotopic (exact) mass is 495 g/mol. The van der Waals surface area contributed by atoms with Gasteiger partial charge in [0.1, 0.15) is 5.76 Å². The number of benzene rings is 2. The molecule has 184 valence electrons. The van der Waals surface area contributed by atoms with Crippen LogP contribution in [0, 0.1) is 0 Å². The zero-order valence-corrected chi connectivity index (χ0v) is 20.4. The minimum absolute atomic E-state index is 0.0129. The van der Waals surface area contributed by atoms with Crippen LogP contribution in [0.2, 0.25) is 0 Å². The Labute approximate surface area is 205 Å². The van der Waals surface area contributed by atoms with Crippen molar-refractivity contribution in [3.63, 3.8) is 0 Å². The van der Waals surface area contributed by atoms with Gasteiger partial charge in [-0.2, -0.15) is 4.31 Å². The molecule has 1 atom stereocenters. The number of amides is 2. The Bertz CT molecular complexity index is 1270. The normalized spacial score (nSPS) is 15.9. The van der Waals surface area contributed by atoms with Crippen molar-refractivity contribution in [3.05, 3.63) is 83.8 Å². The molecule has 1 aliphatic rings. The number of rotatable bonds is 9. The van der Waals surface area contributed by atoms with Gasteiger partial charge in [-0.15, -0.1) is 0 Å². The van der Waals surface area contributed by atoms with Gasteiger partial charge in [-0.3, -0.25) is 9.59 Å². The van der Waals surface area contributed by atoms with Crippen LogP contribution in [0.5, 0.6) is 0 Å². The Hall–Kier alpha value is -3.43. The highest BCUT2D eigenvalue weighted by molar-refractivity contribution is 7.89. The summed E-state index contributed by atoms with van der Waals surface area (Å²) in [7, 11) is -3.88. The summed E-state index contributed by atoms with van der Waals surface area (Å²) in [6, 6.07) is 16.8. The molecule has 1 aliphatic heterocycles. The molecule has 4 rings (SSSR count). The molecule has 0 saturated carbocycles. The van der Waals surface area contributed by atoms with Crippen LogP contribution >= 0.6 is 0 Å². The summed E-state index contributed by atoms with van der Waals surface area (Å²) < 4.78 is 34.0. The number of fused-ring (bicyclic) bond motifs is 1. The van der Waals surface area contributed by atoms with Gasteiger partial charge in [0, 0.05) is 38.0 Å². The molecule has 0 saturated heterocycles. The molecule has 0 radical (unpaired) electrons. The molecule has 8 nitrogen and oxygen atoms in total. The summed E-state index contributed by atoms with van der Waals surface area (Å²) in [5.41, 5.74) is 2.42. The maximum Gasteiger partial charge on any atom is 0.243 e. The first-order chi connectivity index (χ1) is 16.9. The van der Waals surface area contributed by atoms with Crippen molar-refractivity contribution in [3.8, 4) is 0 Å². The quantitative estimate of drug-likeness (QED) is 0.471. The highest BCUT2D eigenvalue weighted by atomic mass is 32.2. The van der Waals surface area contributed by atoms with Crippen LogP contribution in [0.25, 0.3) is 0 Å². The zero-order chi connectivity index (χ0) is 24.8. The number of hydrogen-bond acceptors (Lipinski definition) is 5. The third-order valence-electron chi connectivity index (χ3n) is 6.08. The summed E-state index contributed by atoms with van der Waals surface area (Å²) in [5, 5.41) is 5.60. The predicted molar refractivity (Wildman–Crippen MR) is 132 cm³/mol. The lowest BCUT2D eigenvalue weighted by Crippen LogP contribution is -2.42. The first-order valence-electron chi connectivity index (χ1n) is 11.7. The maximum absolute atomic E-state index is 13.6. The van der Waals surface area contributed by atoms with E-state index >= 15 is 0 Å². The first-order valence-corrected chi connectivity index (χ1v) is 13.1. The number of carbonyl (C=O) groups excluding carboxylic acids is 2. The Morgan fingerprint density at radius 1 is 1.03 bits per heavy atom. The van der Waals surface area contributed by atoms with E-state index in [0.717, 1.165) is 16.9 Å². The minimum Gasteiger partial charge on any atom is -0.469 e. The smallest absolute Gasteiger partial charge is 0.243 e. The van der Waals surface area contributed by atoms with E-state index in [4.69, 9.17) is 4.42 Å². The molecule has 9 heteroatoms. The Morgan fingerprint density at radius 3 is 2.51 bits per heavy atom. The molecule has 2 heterocycles. The molecular formula is C26H29N3O5S. The van der Waals surface area contributed by atoms with Crippen molar-refractivity contribution in [1.82, 2.24) is 9.62 Å². The number of furan rings is 1. The van der Waals surface area contributed by atoms with Gasteiger partial charge in [-0.05, 0) is 53.9 Å². The van der Waals surface area contributed by atoms with E-state index in [1.54, 1.807) is 31.4 Å². The number of hydrogen-bond donors (Lipinski definition) is 2. The lowest BCUT2D eigenvalue weighted by molar-refractivity contribution is -0.122. The molecule has 3 aromatic rings. The first kappa shape index (κ1) is 24.7. The van der Waals surface area contributed by atoms with E-state index in [9.17, 15) is 18.0 Å². The van der Waals surface area contributed by atoms with E-state index in [2.05, 4.69) is 10.6 Å². The van der Waals surface area contributed by atoms with Crippen LogP contribution in [0.1, 0.15) is 42.7 Å². The lowest BCUT2D eigenvalue weighted by Gasteiger charge is -2.36. The molecule has 1 aromatic heterocycles. The van der Waals surface area contributed by atoms with Gasteiger partial charge in [0.15, 0.2) is 0 Å². The van der Waals surface area contributed by atoms with Gasteiger partial charge in [0.05, 0.1) is 17.2 Å². The molecular weight excluding hydrogens is 466 g/mol. The molecule has 0 fully saturated rings. The second-order valence-corrected chi connectivity index (χ2v) is 10.3. The van der Waals surface area contributed by atoms with Crippen LogP contribution in [0.4, 0.5) is 5.69 Å². The van der Waals surface area contributed by atoms with Crippen molar-refractivity contribution in [2.45, 2.75) is 43.5 Å². The second-order valence-electron chi connectivity index (χ2n) is 8.39. The van der Waals surface area contributed by atoms with Crippen molar-refractivity contribution in [2.24, 2.45) is 0 Å². The van der Waals surface area contributed by atoms with Crippen LogP contribution in [-0.2, 0) is 32.5 Å². The molecule has 0 aliphatic carbocycles. The summed E-state index contributed by atoms with van der Waals surface area (Å²) in [4.78, 5) is 24.6. The SMILES string of the molecule is CCC(=O)Nc1ccc(S(=O)(=O)N2CCc3ccccc3[C@H]2CC(=O)NCCc2ccco2)cc1. The minimum atomic E-state index is -3.88. The van der Waals surface area contributed by atoms with Gasteiger partial charge >= 0.3 is 0 Å². The number of nitrogens with one attached hydrogen (secondary N) is 2. The van der Waals surface area contributed by atoms with E-state index in [0.29, 0.717) is 31.5 Å². The molecule has 35 heavy (non-hydrogen) atoms. The average Bonchev–Trinajstić information content (AvgIpc) is 3.38. The fraction of sp³-hybridized carbons (Fsp3) is 0.308. The topological polar surface area (TPSA) is 109 Å². The fourth-order valence-electron chi connectivity index (χ4n) is 4.25. The summed E-state index contributed by atoms with van der Waals surface area (Å²) in [5.74, 6) is 0.401. The third-order valence-corrected chi connectivity index (χ3v) is 8.00. The average molecular weight is 496 g/mol. The van der Waals surface area contributed by atoms with Gasteiger partial charge in [0.2, 0.25) is 21.8 Å². The fourth-order valence-corrected chi connectivity index (χ4v) is 5.86. The standard InChI is InChI=1S/C26H29N3O5S/c1-2-25(30)28-20-9-11-22(12-10-20)35(32,33)29-16-14-19-6-3-4-8-23(19)24(29)18-26(31)27-15-13-21-7-5-17-34-21/h3-12,17,24H,2,13-16,18H2,1H3,(H,27,31)(H,28,30)/t24-/m1/s1. The van der Waals surface area contributed by atoms with Crippen LogP contribution in [0.15, 0.2) is 76.2 Å². The maximum atomic E-state index is 13.6. The van der Waals surface area contributed by atoms with Crippen LogP contribution in [-0.4, -0.2) is 37.6 Å². The number of nitrogens with zero attached hydrogens (tertiary/aromatic N) is 1. The van der Waals surface area contributed by atoms with Crippen LogP contribution in [0.3, 0.4) is 0 Å². The third kappa shape index (κ3) is 5.80. The Morgan fingerprint density at radius 2 is 1.80 bits per heavy atom. The Balaban J connectivity index is 1.53. The number of carbonyl (C=O) groups is 2. The molecule has 0 unspecified atom stereocenters. The largest absolute Gasteiger partial charge is 0.469 e. The molecule has 2 aromatic carbocycles. The highest BCUT2D eigenvalue weighted by Gasteiger charge is 2.37. The van der Waals surface area contributed by atoms with E-state index in [1.165, 1.54) is 16.4 Å². The molecule has 2 N–H and O–H groups in total. The summed E-state index contributed by atoms with van der Waals surface area (Å²) in [6.45, 7) is 2.42. The number of sulfonamides is 1. The van der Waals surface area contributed by atoms with E-state index < -0.39 is 16.1 Å². The molecule has 0 bridgehead atoms. The molecule has 2 amide bonds. The van der Waals surface area contributed by atoms with Gasteiger partial charge < -0.3 is 15.1 Å². The van der Waals surface area contributed by atoms with E-state index in [1.807, 2.05) is 30.3 Å². The van der Waals surface area contributed by atoms with Crippen molar-refractivity contribution >= 4 is 27.5 Å². The number of anilines is 1. The lowest BCUT2D eigenvalue weighted by atomic mass is 9.92. The molecule has 0 spiro atoms. The zero-order valence-electron chi connectivity index (χ0n) is 19.6. The van der Waals surface area contributed by atoms with Crippen LogP contribution < -0.4 is 10.6 Å². The van der Waals surface area contributed by atoms with Crippen molar-refractivity contribution in [1.29, 1.82) is 0 Å².